The molecule has 0 unspecified atom stereocenters. The zero-order chi connectivity index (χ0) is 37.8. The van der Waals surface area contributed by atoms with Crippen molar-refractivity contribution in [1.82, 2.24) is 0 Å². The second kappa shape index (κ2) is 16.3. The summed E-state index contributed by atoms with van der Waals surface area (Å²) in [4.78, 5) is 39.3. The molecule has 0 aromatic heterocycles. The lowest BCUT2D eigenvalue weighted by atomic mass is 9.43. The number of fused-ring (bicyclic) bond motifs is 5. The van der Waals surface area contributed by atoms with Gasteiger partial charge in [0.1, 0.15) is 36.9 Å². The molecule has 0 amide bonds. The molecule has 4 fully saturated rings. The fourth-order valence-electron chi connectivity index (χ4n) is 11.1. The molecule has 0 aliphatic heterocycles. The highest BCUT2D eigenvalue weighted by atomic mass is 16.5. The summed E-state index contributed by atoms with van der Waals surface area (Å²) >= 11 is 0. The highest BCUT2D eigenvalue weighted by Gasteiger charge is 2.65. The van der Waals surface area contributed by atoms with Gasteiger partial charge in [-0.3, -0.25) is 4.79 Å². The monoisotopic (exact) mass is 722 g/mol. The highest BCUT2D eigenvalue weighted by molar-refractivity contribution is 5.90. The normalized spacial score (nSPS) is 31.9. The van der Waals surface area contributed by atoms with Gasteiger partial charge in [0.2, 0.25) is 0 Å². The molecule has 6 rings (SSSR count). The van der Waals surface area contributed by atoms with Gasteiger partial charge in [0.15, 0.2) is 0 Å². The van der Waals surface area contributed by atoms with Crippen LogP contribution in [-0.4, -0.2) is 50.4 Å². The van der Waals surface area contributed by atoms with E-state index in [1.165, 1.54) is 7.11 Å². The Balaban J connectivity index is 1.20. The summed E-state index contributed by atoms with van der Waals surface area (Å²) in [5.41, 5.74) is 0.800. The second-order valence-electron chi connectivity index (χ2n) is 16.3. The number of benzene rings is 2. The maximum Gasteiger partial charge on any atom is 0.338 e. The minimum absolute atomic E-state index is 0.0401. The molecule has 4 saturated carbocycles. The minimum Gasteiger partial charge on any atom is -0.481 e. The van der Waals surface area contributed by atoms with E-state index in [0.29, 0.717) is 58.6 Å². The molecule has 2 aromatic rings. The molecule has 4 aliphatic carbocycles. The molecule has 0 bridgehead atoms. The maximum absolute atomic E-state index is 13.9. The van der Waals surface area contributed by atoms with E-state index in [0.717, 1.165) is 57.8 Å². The molecule has 10 atom stereocenters. The molecule has 282 valence electrons. The number of rotatable bonds is 12. The molecule has 0 N–H and O–H groups in total. The summed E-state index contributed by atoms with van der Waals surface area (Å²) in [5.74, 6) is 7.61. The predicted molar refractivity (Wildman–Crippen MR) is 201 cm³/mol. The Morgan fingerprint density at radius 3 is 1.98 bits per heavy atom. The zero-order valence-corrected chi connectivity index (χ0v) is 31.6. The predicted octanol–water partition coefficient (Wildman–Crippen LogP) is 8.32. The van der Waals surface area contributed by atoms with Crippen LogP contribution in [0.5, 0.6) is 11.5 Å². The maximum atomic E-state index is 13.9. The topological polar surface area (TPSA) is 97.4 Å². The fourth-order valence-corrected chi connectivity index (χ4v) is 11.1. The lowest BCUT2D eigenvalue weighted by Crippen LogP contribution is -2.59. The highest BCUT2D eigenvalue weighted by Crippen LogP contribution is 2.69. The lowest BCUT2D eigenvalue weighted by molar-refractivity contribution is -0.176. The van der Waals surface area contributed by atoms with Gasteiger partial charge in [0.05, 0.1) is 18.2 Å². The first-order valence-corrected chi connectivity index (χ1v) is 19.3. The number of hydrogen-bond donors (Lipinski definition) is 0. The summed E-state index contributed by atoms with van der Waals surface area (Å²) in [6.07, 6.45) is 19.1. The van der Waals surface area contributed by atoms with E-state index >= 15 is 0 Å². The van der Waals surface area contributed by atoms with Gasteiger partial charge in [0, 0.05) is 11.8 Å². The number of hydrogen-bond acceptors (Lipinski definition) is 8. The third kappa shape index (κ3) is 7.80. The molecule has 4 aliphatic rings. The van der Waals surface area contributed by atoms with Gasteiger partial charge < -0.3 is 23.7 Å². The summed E-state index contributed by atoms with van der Waals surface area (Å²) in [6, 6.07) is 13.9. The molecule has 8 heteroatoms. The molecular weight excluding hydrogens is 668 g/mol. The van der Waals surface area contributed by atoms with Crippen molar-refractivity contribution < 1.29 is 38.1 Å². The van der Waals surface area contributed by atoms with E-state index < -0.39 is 0 Å². The number of methoxy groups -OCH3 is 1. The molecule has 0 spiro atoms. The first kappa shape index (κ1) is 38.3. The zero-order valence-electron chi connectivity index (χ0n) is 31.6. The van der Waals surface area contributed by atoms with Crippen molar-refractivity contribution in [2.75, 3.05) is 20.3 Å². The van der Waals surface area contributed by atoms with Crippen LogP contribution in [0.25, 0.3) is 0 Å². The lowest BCUT2D eigenvalue weighted by Gasteiger charge is -2.62. The Hall–Kier alpha value is -4.43. The van der Waals surface area contributed by atoms with Gasteiger partial charge in [-0.1, -0.05) is 32.6 Å². The smallest absolute Gasteiger partial charge is 0.338 e. The Kier molecular flexibility index (Phi) is 11.8. The second-order valence-corrected chi connectivity index (χ2v) is 16.3. The largest absolute Gasteiger partial charge is 0.481 e. The van der Waals surface area contributed by atoms with Crippen LogP contribution in [0.2, 0.25) is 0 Å². The van der Waals surface area contributed by atoms with Crippen LogP contribution in [0.4, 0.5) is 0 Å². The van der Waals surface area contributed by atoms with Crippen LogP contribution in [0, 0.1) is 71.0 Å². The summed E-state index contributed by atoms with van der Waals surface area (Å²) in [6.45, 7) is 7.40. The summed E-state index contributed by atoms with van der Waals surface area (Å²) in [5, 5.41) is 0. The van der Waals surface area contributed by atoms with Gasteiger partial charge in [-0.2, -0.15) is 0 Å². The van der Waals surface area contributed by atoms with Gasteiger partial charge in [-0.15, -0.1) is 12.8 Å². The van der Waals surface area contributed by atoms with Crippen molar-refractivity contribution >= 4 is 17.9 Å². The quantitative estimate of drug-likeness (QED) is 0.123. The first-order valence-electron chi connectivity index (χ1n) is 19.3. The van der Waals surface area contributed by atoms with Crippen LogP contribution in [0.1, 0.15) is 106 Å². The third-order valence-electron chi connectivity index (χ3n) is 13.8. The van der Waals surface area contributed by atoms with Crippen molar-refractivity contribution in [3.8, 4) is 36.2 Å². The molecule has 8 nitrogen and oxygen atoms in total. The Labute approximate surface area is 315 Å². The summed E-state index contributed by atoms with van der Waals surface area (Å²) < 4.78 is 28.8. The van der Waals surface area contributed by atoms with Gasteiger partial charge in [-0.05, 0) is 147 Å². The van der Waals surface area contributed by atoms with Crippen molar-refractivity contribution in [3.05, 3.63) is 59.7 Å². The number of esters is 3. The molecule has 0 radical (unpaired) electrons. The van der Waals surface area contributed by atoms with E-state index in [9.17, 15) is 14.4 Å². The number of carbonyl (C=O) groups excluding carboxylic acids is 3. The van der Waals surface area contributed by atoms with Crippen LogP contribution in [0.15, 0.2) is 48.5 Å². The van der Waals surface area contributed by atoms with E-state index in [1.807, 2.05) is 0 Å². The van der Waals surface area contributed by atoms with Crippen LogP contribution in [-0.2, 0) is 19.0 Å². The van der Waals surface area contributed by atoms with Crippen molar-refractivity contribution in [2.45, 2.75) is 97.2 Å². The molecular formula is C45H54O8. The van der Waals surface area contributed by atoms with Crippen LogP contribution in [0.3, 0.4) is 0 Å². The average Bonchev–Trinajstić information content (AvgIpc) is 3.54. The third-order valence-corrected chi connectivity index (χ3v) is 13.8. The molecule has 0 heterocycles. The average molecular weight is 723 g/mol. The number of ether oxygens (including phenoxy) is 5. The van der Waals surface area contributed by atoms with Crippen molar-refractivity contribution in [2.24, 2.45) is 46.3 Å². The minimum atomic E-state index is -0.325. The standard InChI is InChI=1S/C45H54O8/c1-7-25-50-33-15-10-30(11-16-33)42(47)52-35-23-24-44(4)32(27-35)14-19-36-38-21-20-37(29(3)9-22-41(46)49-6)45(38,5)40(28-39(36)44)53-43(48)31-12-17-34(18-13-31)51-26-8-2/h1-2,10-13,15-18,29,32,35-40H,9,14,19-28H2,3-6H3/t29-,32-,35-,36+,37-,38+,39+,40+,44+,45-/m1/s1. The fraction of sp³-hybridized carbons (Fsp3) is 0.578. The number of carbonyl (C=O) groups is 3. The summed E-state index contributed by atoms with van der Waals surface area (Å²) in [7, 11) is 1.44. The SMILES string of the molecule is C#CCOc1ccc(C(=O)O[C@@H]2CC[C@@]3(C)[C@H](CC[C@@H]4[C@@H]3C[C@H](OC(=O)c3ccc(OCC#C)cc3)[C@]3(C)[C@@H]([C@H](C)CCC(=O)OC)CC[C@@H]43)C2)cc1. The first-order chi connectivity index (χ1) is 25.5. The molecule has 0 saturated heterocycles. The van der Waals surface area contributed by atoms with Crippen molar-refractivity contribution in [1.29, 1.82) is 0 Å². The van der Waals surface area contributed by atoms with E-state index in [4.69, 9.17) is 36.5 Å². The molecule has 2 aromatic carbocycles. The Morgan fingerprint density at radius 1 is 0.792 bits per heavy atom. The van der Waals surface area contributed by atoms with Gasteiger partial charge >= 0.3 is 17.9 Å². The molecule has 53 heavy (non-hydrogen) atoms. The van der Waals surface area contributed by atoms with Crippen molar-refractivity contribution in [3.63, 3.8) is 0 Å². The van der Waals surface area contributed by atoms with Gasteiger partial charge in [-0.25, -0.2) is 9.59 Å². The van der Waals surface area contributed by atoms with Crippen LogP contribution < -0.4 is 9.47 Å². The Bertz CT molecular complexity index is 1700. The number of terminal acetylenes is 2. The van der Waals surface area contributed by atoms with E-state index in [1.54, 1.807) is 48.5 Å². The van der Waals surface area contributed by atoms with E-state index in [2.05, 4.69) is 32.6 Å². The van der Waals surface area contributed by atoms with Crippen LogP contribution >= 0.6 is 0 Å². The van der Waals surface area contributed by atoms with E-state index in [-0.39, 0.29) is 60.1 Å². The van der Waals surface area contributed by atoms with Gasteiger partial charge in [0.25, 0.3) is 0 Å². The Morgan fingerprint density at radius 2 is 1.40 bits per heavy atom.